The van der Waals surface area contributed by atoms with Gasteiger partial charge in [0.15, 0.2) is 0 Å². The van der Waals surface area contributed by atoms with Crippen LogP contribution in [0.1, 0.15) is 28.4 Å². The van der Waals surface area contributed by atoms with E-state index in [-0.39, 0.29) is 10.6 Å². The molecule has 0 heterocycles. The SMILES string of the molecule is CCOc1ccc(C(Br)c2ccc(C)cc2F)cc1Br. The second kappa shape index (κ2) is 6.72. The van der Waals surface area contributed by atoms with Crippen molar-refractivity contribution in [3.05, 3.63) is 63.4 Å². The predicted molar refractivity (Wildman–Crippen MR) is 87.2 cm³/mol. The molecule has 0 aliphatic rings. The lowest BCUT2D eigenvalue weighted by Gasteiger charge is -2.14. The third-order valence-corrected chi connectivity index (χ3v) is 4.62. The fourth-order valence-electron chi connectivity index (χ4n) is 1.96. The highest BCUT2D eigenvalue weighted by Crippen LogP contribution is 2.36. The molecule has 0 spiro atoms. The van der Waals surface area contributed by atoms with Crippen LogP contribution in [0.2, 0.25) is 0 Å². The zero-order valence-electron chi connectivity index (χ0n) is 11.3. The highest BCUT2D eigenvalue weighted by atomic mass is 79.9. The molecule has 106 valence electrons. The third kappa shape index (κ3) is 3.41. The Balaban J connectivity index is 2.33. The second-order valence-electron chi connectivity index (χ2n) is 4.51. The summed E-state index contributed by atoms with van der Waals surface area (Å²) in [5.41, 5.74) is 2.52. The first-order valence-corrected chi connectivity index (χ1v) is 8.06. The minimum Gasteiger partial charge on any atom is -0.493 e. The average Bonchev–Trinajstić information content (AvgIpc) is 2.40. The van der Waals surface area contributed by atoms with Crippen molar-refractivity contribution in [2.45, 2.75) is 18.7 Å². The minimum atomic E-state index is -0.197. The van der Waals surface area contributed by atoms with Gasteiger partial charge in [0.05, 0.1) is 15.9 Å². The first-order valence-electron chi connectivity index (χ1n) is 6.35. The highest BCUT2D eigenvalue weighted by molar-refractivity contribution is 9.10. The summed E-state index contributed by atoms with van der Waals surface area (Å²) in [6.07, 6.45) is 0. The number of rotatable bonds is 4. The highest BCUT2D eigenvalue weighted by Gasteiger charge is 2.16. The Morgan fingerprint density at radius 2 is 1.95 bits per heavy atom. The largest absolute Gasteiger partial charge is 0.493 e. The van der Waals surface area contributed by atoms with Crippen molar-refractivity contribution < 1.29 is 9.13 Å². The summed E-state index contributed by atoms with van der Waals surface area (Å²) in [6.45, 7) is 4.43. The topological polar surface area (TPSA) is 9.23 Å². The number of aryl methyl sites for hydroxylation is 1. The summed E-state index contributed by atoms with van der Waals surface area (Å²) in [6, 6.07) is 11.1. The number of alkyl halides is 1. The van der Waals surface area contributed by atoms with Crippen LogP contribution in [0, 0.1) is 12.7 Å². The minimum absolute atomic E-state index is 0.185. The molecule has 0 bridgehead atoms. The van der Waals surface area contributed by atoms with E-state index in [9.17, 15) is 4.39 Å². The first-order chi connectivity index (χ1) is 9.52. The molecule has 0 aliphatic heterocycles. The van der Waals surface area contributed by atoms with Gasteiger partial charge in [-0.2, -0.15) is 0 Å². The maximum absolute atomic E-state index is 14.0. The van der Waals surface area contributed by atoms with E-state index in [0.29, 0.717) is 12.2 Å². The standard InChI is InChI=1S/C16H15Br2FO/c1-3-20-15-7-5-11(9-13(15)17)16(18)12-6-4-10(2)8-14(12)19/h4-9,16H,3H2,1-2H3. The molecule has 20 heavy (non-hydrogen) atoms. The van der Waals surface area contributed by atoms with Crippen LogP contribution in [0.3, 0.4) is 0 Å². The Morgan fingerprint density at radius 1 is 1.20 bits per heavy atom. The number of benzene rings is 2. The van der Waals surface area contributed by atoms with Gasteiger partial charge in [-0.15, -0.1) is 0 Å². The number of hydrogen-bond donors (Lipinski definition) is 0. The van der Waals surface area contributed by atoms with Crippen molar-refractivity contribution in [3.63, 3.8) is 0 Å². The average molecular weight is 402 g/mol. The number of hydrogen-bond acceptors (Lipinski definition) is 1. The van der Waals surface area contributed by atoms with Crippen LogP contribution in [0.5, 0.6) is 5.75 Å². The number of ether oxygens (including phenoxy) is 1. The Morgan fingerprint density at radius 3 is 2.55 bits per heavy atom. The van der Waals surface area contributed by atoms with Crippen molar-refractivity contribution in [2.24, 2.45) is 0 Å². The van der Waals surface area contributed by atoms with Crippen LogP contribution in [0.4, 0.5) is 4.39 Å². The summed E-state index contributed by atoms with van der Waals surface area (Å²) in [4.78, 5) is -0.185. The van der Waals surface area contributed by atoms with Gasteiger partial charge < -0.3 is 4.74 Å². The quantitative estimate of drug-likeness (QED) is 0.590. The molecule has 0 fully saturated rings. The lowest BCUT2D eigenvalue weighted by atomic mass is 10.0. The van der Waals surface area contributed by atoms with Gasteiger partial charge in [-0.05, 0) is 59.1 Å². The maximum Gasteiger partial charge on any atom is 0.133 e. The van der Waals surface area contributed by atoms with Crippen molar-refractivity contribution in [2.75, 3.05) is 6.61 Å². The predicted octanol–water partition coefficient (Wildman–Crippen LogP) is 5.78. The molecule has 0 saturated carbocycles. The fraction of sp³-hybridized carbons (Fsp3) is 0.250. The van der Waals surface area contributed by atoms with Crippen LogP contribution < -0.4 is 4.74 Å². The summed E-state index contributed by atoms with van der Waals surface area (Å²) < 4.78 is 20.4. The van der Waals surface area contributed by atoms with E-state index < -0.39 is 0 Å². The Kier molecular flexibility index (Phi) is 5.22. The molecular formula is C16H15Br2FO. The van der Waals surface area contributed by atoms with Gasteiger partial charge in [-0.1, -0.05) is 34.1 Å². The van der Waals surface area contributed by atoms with E-state index in [1.165, 1.54) is 0 Å². The lowest BCUT2D eigenvalue weighted by molar-refractivity contribution is 0.338. The van der Waals surface area contributed by atoms with Crippen LogP contribution in [0.15, 0.2) is 40.9 Å². The Labute approximate surface area is 135 Å². The molecule has 2 aromatic carbocycles. The molecule has 2 rings (SSSR count). The van der Waals surface area contributed by atoms with E-state index >= 15 is 0 Å². The van der Waals surface area contributed by atoms with Crippen LogP contribution in [0.25, 0.3) is 0 Å². The molecule has 1 unspecified atom stereocenters. The summed E-state index contributed by atoms with van der Waals surface area (Å²) in [7, 11) is 0. The maximum atomic E-state index is 14.0. The molecule has 0 N–H and O–H groups in total. The zero-order valence-corrected chi connectivity index (χ0v) is 14.5. The zero-order chi connectivity index (χ0) is 14.7. The molecule has 1 atom stereocenters. The molecule has 0 aliphatic carbocycles. The number of halogens is 3. The molecule has 1 nitrogen and oxygen atoms in total. The molecule has 0 aromatic heterocycles. The van der Waals surface area contributed by atoms with Crippen molar-refractivity contribution in [3.8, 4) is 5.75 Å². The van der Waals surface area contributed by atoms with Gasteiger partial charge in [0, 0.05) is 5.56 Å². The van der Waals surface area contributed by atoms with Gasteiger partial charge in [-0.3, -0.25) is 0 Å². The van der Waals surface area contributed by atoms with Crippen molar-refractivity contribution >= 4 is 31.9 Å². The van der Waals surface area contributed by atoms with E-state index in [1.807, 2.05) is 44.2 Å². The fourth-order valence-corrected chi connectivity index (χ4v) is 3.13. The normalized spacial score (nSPS) is 12.2. The lowest BCUT2D eigenvalue weighted by Crippen LogP contribution is -1.98. The van der Waals surface area contributed by atoms with E-state index in [4.69, 9.17) is 4.74 Å². The second-order valence-corrected chi connectivity index (χ2v) is 6.28. The summed E-state index contributed by atoms with van der Waals surface area (Å²) >= 11 is 7.05. The molecular weight excluding hydrogens is 387 g/mol. The van der Waals surface area contributed by atoms with Gasteiger partial charge in [0.25, 0.3) is 0 Å². The van der Waals surface area contributed by atoms with Gasteiger partial charge >= 0.3 is 0 Å². The monoisotopic (exact) mass is 400 g/mol. The third-order valence-electron chi connectivity index (χ3n) is 2.98. The van der Waals surface area contributed by atoms with E-state index in [1.54, 1.807) is 6.07 Å². The molecule has 4 heteroatoms. The molecule has 0 radical (unpaired) electrons. The van der Waals surface area contributed by atoms with Gasteiger partial charge in [0.2, 0.25) is 0 Å². The van der Waals surface area contributed by atoms with Gasteiger partial charge in [-0.25, -0.2) is 4.39 Å². The summed E-state index contributed by atoms with van der Waals surface area (Å²) in [5, 5.41) is 0. The van der Waals surface area contributed by atoms with E-state index in [2.05, 4.69) is 31.9 Å². The van der Waals surface area contributed by atoms with Crippen molar-refractivity contribution in [1.82, 2.24) is 0 Å². The first kappa shape index (κ1) is 15.5. The Hall–Kier alpha value is -0.870. The van der Waals surface area contributed by atoms with Crippen LogP contribution in [-0.4, -0.2) is 6.61 Å². The van der Waals surface area contributed by atoms with Crippen LogP contribution in [-0.2, 0) is 0 Å². The summed E-state index contributed by atoms with van der Waals surface area (Å²) in [5.74, 6) is 0.595. The van der Waals surface area contributed by atoms with Crippen LogP contribution >= 0.6 is 31.9 Å². The van der Waals surface area contributed by atoms with E-state index in [0.717, 1.165) is 21.3 Å². The smallest absolute Gasteiger partial charge is 0.133 e. The molecule has 0 saturated heterocycles. The molecule has 0 amide bonds. The molecule has 2 aromatic rings. The Bertz CT molecular complexity index is 613. The van der Waals surface area contributed by atoms with Crippen molar-refractivity contribution in [1.29, 1.82) is 0 Å². The van der Waals surface area contributed by atoms with Gasteiger partial charge in [0.1, 0.15) is 11.6 Å².